The zero-order valence-corrected chi connectivity index (χ0v) is 13.1. The van der Waals surface area contributed by atoms with Crippen LogP contribution >= 0.6 is 22.9 Å². The second kappa shape index (κ2) is 7.77. The summed E-state index contributed by atoms with van der Waals surface area (Å²) in [6.45, 7) is 2.98. The Morgan fingerprint density at radius 2 is 2.15 bits per heavy atom. The summed E-state index contributed by atoms with van der Waals surface area (Å²) < 4.78 is 14.2. The van der Waals surface area contributed by atoms with Crippen molar-refractivity contribution in [3.63, 3.8) is 0 Å². The lowest BCUT2D eigenvalue weighted by Gasteiger charge is -2.19. The topological polar surface area (TPSA) is 12.0 Å². The van der Waals surface area contributed by atoms with E-state index in [1.54, 1.807) is 17.4 Å². The molecule has 1 atom stereocenters. The highest BCUT2D eigenvalue weighted by Crippen LogP contribution is 2.27. The quantitative estimate of drug-likeness (QED) is 0.739. The predicted octanol–water partition coefficient (Wildman–Crippen LogP) is 5.21. The van der Waals surface area contributed by atoms with E-state index in [1.807, 2.05) is 12.1 Å². The van der Waals surface area contributed by atoms with Crippen LogP contribution in [0.5, 0.6) is 0 Å². The lowest BCUT2D eigenvalue weighted by molar-refractivity contribution is 0.475. The fraction of sp³-hybridized carbons (Fsp3) is 0.375. The van der Waals surface area contributed by atoms with Crippen LogP contribution in [0.15, 0.2) is 35.7 Å². The minimum Gasteiger partial charge on any atom is -0.310 e. The number of rotatable bonds is 7. The molecule has 1 unspecified atom stereocenters. The van der Waals surface area contributed by atoms with Crippen molar-refractivity contribution in [2.75, 3.05) is 6.54 Å². The summed E-state index contributed by atoms with van der Waals surface area (Å²) in [4.78, 5) is 1.33. The summed E-state index contributed by atoms with van der Waals surface area (Å²) >= 11 is 7.63. The van der Waals surface area contributed by atoms with Crippen molar-refractivity contribution in [1.29, 1.82) is 0 Å². The molecule has 1 nitrogen and oxygen atoms in total. The van der Waals surface area contributed by atoms with Gasteiger partial charge in [0.05, 0.1) is 5.02 Å². The van der Waals surface area contributed by atoms with E-state index in [-0.39, 0.29) is 16.9 Å². The number of hydrogen-bond acceptors (Lipinski definition) is 2. The summed E-state index contributed by atoms with van der Waals surface area (Å²) in [5, 5.41) is 5.69. The van der Waals surface area contributed by atoms with Crippen LogP contribution in [0.25, 0.3) is 0 Å². The van der Waals surface area contributed by atoms with Crippen molar-refractivity contribution >= 4 is 22.9 Å². The lowest BCUT2D eigenvalue weighted by atomic mass is 10.0. The molecule has 20 heavy (non-hydrogen) atoms. The monoisotopic (exact) mass is 311 g/mol. The van der Waals surface area contributed by atoms with Crippen molar-refractivity contribution in [3.05, 3.63) is 57.0 Å². The molecule has 1 aromatic heterocycles. The maximum absolute atomic E-state index is 14.2. The average molecular weight is 312 g/mol. The number of thiophene rings is 1. The van der Waals surface area contributed by atoms with Crippen molar-refractivity contribution < 1.29 is 4.39 Å². The van der Waals surface area contributed by atoms with Crippen LogP contribution in [-0.4, -0.2) is 6.54 Å². The van der Waals surface area contributed by atoms with Crippen LogP contribution < -0.4 is 5.32 Å². The maximum atomic E-state index is 14.2. The maximum Gasteiger partial charge on any atom is 0.146 e. The first kappa shape index (κ1) is 15.5. The highest BCUT2D eigenvalue weighted by Gasteiger charge is 2.17. The Morgan fingerprint density at radius 1 is 1.30 bits per heavy atom. The number of nitrogens with one attached hydrogen (secondary N) is 1. The number of aryl methyl sites for hydroxylation is 1. The van der Waals surface area contributed by atoms with Gasteiger partial charge in [0.25, 0.3) is 0 Å². The molecule has 4 heteroatoms. The van der Waals surface area contributed by atoms with Gasteiger partial charge in [-0.05, 0) is 43.3 Å². The van der Waals surface area contributed by atoms with Gasteiger partial charge in [-0.25, -0.2) is 4.39 Å². The zero-order chi connectivity index (χ0) is 14.4. The molecule has 2 rings (SSSR count). The SMILES string of the molecule is CCCNC(CCc1cccs1)c1cccc(Cl)c1F. The average Bonchev–Trinajstić information content (AvgIpc) is 2.96. The van der Waals surface area contributed by atoms with Crippen LogP contribution in [0.4, 0.5) is 4.39 Å². The third-order valence-corrected chi connectivity index (χ3v) is 4.49. The Morgan fingerprint density at radius 3 is 2.85 bits per heavy atom. The van der Waals surface area contributed by atoms with E-state index in [4.69, 9.17) is 11.6 Å². The van der Waals surface area contributed by atoms with E-state index in [0.717, 1.165) is 25.8 Å². The number of halogens is 2. The van der Waals surface area contributed by atoms with Crippen LogP contribution in [-0.2, 0) is 6.42 Å². The largest absolute Gasteiger partial charge is 0.310 e. The molecule has 0 saturated heterocycles. The first-order chi connectivity index (χ1) is 9.72. The van der Waals surface area contributed by atoms with Crippen LogP contribution in [0.1, 0.15) is 36.2 Å². The molecule has 0 saturated carbocycles. The summed E-state index contributed by atoms with van der Waals surface area (Å²) in [6, 6.07) is 9.41. The summed E-state index contributed by atoms with van der Waals surface area (Å²) in [5.41, 5.74) is 0.669. The minimum atomic E-state index is -0.297. The van der Waals surface area contributed by atoms with Gasteiger partial charge in [-0.2, -0.15) is 0 Å². The Labute approximate surface area is 128 Å². The van der Waals surface area contributed by atoms with Gasteiger partial charge in [0.2, 0.25) is 0 Å². The molecule has 0 aliphatic rings. The van der Waals surface area contributed by atoms with Crippen LogP contribution in [0.2, 0.25) is 5.02 Å². The third kappa shape index (κ3) is 4.05. The molecule has 0 fully saturated rings. The number of hydrogen-bond donors (Lipinski definition) is 1. The van der Waals surface area contributed by atoms with E-state index in [9.17, 15) is 4.39 Å². The van der Waals surface area contributed by atoms with Crippen LogP contribution in [0.3, 0.4) is 0 Å². The molecule has 0 aliphatic heterocycles. The number of benzene rings is 1. The van der Waals surface area contributed by atoms with Gasteiger partial charge >= 0.3 is 0 Å². The van der Waals surface area contributed by atoms with Crippen molar-refractivity contribution in [2.24, 2.45) is 0 Å². The summed E-state index contributed by atoms with van der Waals surface area (Å²) in [6.07, 6.45) is 2.85. The van der Waals surface area contributed by atoms with E-state index in [2.05, 4.69) is 29.8 Å². The molecular formula is C16H19ClFNS. The van der Waals surface area contributed by atoms with Gasteiger partial charge in [-0.1, -0.05) is 36.7 Å². The van der Waals surface area contributed by atoms with Gasteiger partial charge in [0.15, 0.2) is 0 Å². The Hall–Kier alpha value is -0.900. The normalized spacial score (nSPS) is 12.6. The van der Waals surface area contributed by atoms with E-state index < -0.39 is 0 Å². The molecule has 0 amide bonds. The van der Waals surface area contributed by atoms with E-state index >= 15 is 0 Å². The Bertz CT molecular complexity index is 527. The highest BCUT2D eigenvalue weighted by molar-refractivity contribution is 7.09. The standard InChI is InChI=1S/C16H19ClFNS/c1-2-10-19-15(9-8-12-5-4-11-20-12)13-6-3-7-14(17)16(13)18/h3-7,11,15,19H,2,8-10H2,1H3. The fourth-order valence-corrected chi connectivity index (χ4v) is 3.12. The molecular weight excluding hydrogens is 293 g/mol. The smallest absolute Gasteiger partial charge is 0.146 e. The lowest BCUT2D eigenvalue weighted by Crippen LogP contribution is -2.23. The molecule has 0 radical (unpaired) electrons. The van der Waals surface area contributed by atoms with E-state index in [1.165, 1.54) is 4.88 Å². The first-order valence-electron chi connectivity index (χ1n) is 6.92. The molecule has 108 valence electrons. The highest BCUT2D eigenvalue weighted by atomic mass is 35.5. The van der Waals surface area contributed by atoms with Gasteiger partial charge in [-0.3, -0.25) is 0 Å². The van der Waals surface area contributed by atoms with Crippen molar-refractivity contribution in [3.8, 4) is 0 Å². The second-order valence-electron chi connectivity index (χ2n) is 4.77. The van der Waals surface area contributed by atoms with Gasteiger partial charge < -0.3 is 5.32 Å². The molecule has 1 heterocycles. The fourth-order valence-electron chi connectivity index (χ4n) is 2.22. The molecule has 0 aliphatic carbocycles. The molecule has 1 N–H and O–H groups in total. The molecule has 0 bridgehead atoms. The van der Waals surface area contributed by atoms with Gasteiger partial charge in [-0.15, -0.1) is 11.3 Å². The van der Waals surface area contributed by atoms with Gasteiger partial charge in [0.1, 0.15) is 5.82 Å². The summed E-state index contributed by atoms with van der Waals surface area (Å²) in [7, 11) is 0. The summed E-state index contributed by atoms with van der Waals surface area (Å²) in [5.74, 6) is -0.297. The zero-order valence-electron chi connectivity index (χ0n) is 11.5. The molecule has 0 spiro atoms. The van der Waals surface area contributed by atoms with Crippen LogP contribution in [0, 0.1) is 5.82 Å². The Kier molecular flexibility index (Phi) is 6.02. The molecule has 2 aromatic rings. The predicted molar refractivity (Wildman–Crippen MR) is 85.1 cm³/mol. The van der Waals surface area contributed by atoms with Gasteiger partial charge in [0, 0.05) is 16.5 Å². The Balaban J connectivity index is 2.11. The van der Waals surface area contributed by atoms with Crippen molar-refractivity contribution in [2.45, 2.75) is 32.2 Å². The first-order valence-corrected chi connectivity index (χ1v) is 8.17. The second-order valence-corrected chi connectivity index (χ2v) is 6.21. The third-order valence-electron chi connectivity index (χ3n) is 3.26. The molecule has 1 aromatic carbocycles. The van der Waals surface area contributed by atoms with E-state index in [0.29, 0.717) is 5.56 Å². The minimum absolute atomic E-state index is 0.00995. The van der Waals surface area contributed by atoms with Crippen molar-refractivity contribution in [1.82, 2.24) is 5.32 Å².